The average Bonchev–Trinajstić information content (AvgIpc) is 3.16. The van der Waals surface area contributed by atoms with Gasteiger partial charge in [-0.25, -0.2) is 4.57 Å². The molecule has 3 unspecified atom stereocenters. The van der Waals surface area contributed by atoms with Crippen molar-refractivity contribution in [3.63, 3.8) is 0 Å². The fourth-order valence-electron chi connectivity index (χ4n) is 5.81. The third-order valence-electron chi connectivity index (χ3n) is 9.04. The van der Waals surface area contributed by atoms with E-state index >= 15 is 0 Å². The zero-order valence-electron chi connectivity index (χ0n) is 34.4. The highest BCUT2D eigenvalue weighted by Gasteiger charge is 2.26. The zero-order valence-corrected chi connectivity index (χ0v) is 35.3. The molecule has 0 aromatic heterocycles. The van der Waals surface area contributed by atoms with Crippen LogP contribution in [0.25, 0.3) is 0 Å². The fraction of sp³-hybridized carbons (Fsp3) is 0.711. The molecule has 0 saturated carbocycles. The molecule has 8 nitrogen and oxygen atoms in total. The zero-order chi connectivity index (χ0) is 39.6. The molecular formula is C45H81N2O6P. The van der Waals surface area contributed by atoms with Crippen LogP contribution in [0, 0.1) is 0 Å². The van der Waals surface area contributed by atoms with Crippen LogP contribution in [0.15, 0.2) is 72.9 Å². The van der Waals surface area contributed by atoms with Crippen LogP contribution in [-0.4, -0.2) is 47.8 Å². The number of allylic oxidation sites excluding steroid dienone is 11. The first-order valence-corrected chi connectivity index (χ1v) is 23.1. The molecule has 5 N–H and O–H groups in total. The molecule has 0 aliphatic heterocycles. The Kier molecular flexibility index (Phi) is 39.0. The number of phosphoric ester groups is 1. The summed E-state index contributed by atoms with van der Waals surface area (Å²) in [6.07, 6.45) is 52.4. The van der Waals surface area contributed by atoms with E-state index in [0.29, 0.717) is 6.42 Å². The van der Waals surface area contributed by atoms with E-state index < -0.39 is 20.0 Å². The summed E-state index contributed by atoms with van der Waals surface area (Å²) >= 11 is 0. The van der Waals surface area contributed by atoms with E-state index in [0.717, 1.165) is 57.8 Å². The second kappa shape index (κ2) is 40.6. The molecule has 0 fully saturated rings. The van der Waals surface area contributed by atoms with Crippen molar-refractivity contribution in [2.45, 2.75) is 187 Å². The summed E-state index contributed by atoms with van der Waals surface area (Å²) in [7, 11) is -4.36. The lowest BCUT2D eigenvalue weighted by molar-refractivity contribution is -0.122. The van der Waals surface area contributed by atoms with Crippen molar-refractivity contribution in [2.75, 3.05) is 19.8 Å². The van der Waals surface area contributed by atoms with Crippen LogP contribution in [0.5, 0.6) is 0 Å². The topological polar surface area (TPSA) is 131 Å². The number of aliphatic hydroxyl groups excluding tert-OH is 1. The maximum Gasteiger partial charge on any atom is 0.472 e. The lowest BCUT2D eigenvalue weighted by Gasteiger charge is -2.23. The van der Waals surface area contributed by atoms with Crippen LogP contribution >= 0.6 is 7.82 Å². The molecule has 0 bridgehead atoms. The van der Waals surface area contributed by atoms with E-state index in [2.05, 4.69) is 79.9 Å². The number of hydrogen-bond acceptors (Lipinski definition) is 6. The van der Waals surface area contributed by atoms with E-state index in [1.807, 2.05) is 6.08 Å². The van der Waals surface area contributed by atoms with Crippen molar-refractivity contribution < 1.29 is 28.4 Å². The molecule has 0 saturated heterocycles. The number of unbranched alkanes of at least 4 members (excludes halogenated alkanes) is 17. The summed E-state index contributed by atoms with van der Waals surface area (Å²) in [5, 5.41) is 13.6. The monoisotopic (exact) mass is 777 g/mol. The highest BCUT2D eigenvalue weighted by atomic mass is 31.2. The van der Waals surface area contributed by atoms with Crippen molar-refractivity contribution in [3.8, 4) is 0 Å². The molecule has 0 rings (SSSR count). The molecule has 0 aliphatic carbocycles. The Bertz CT molecular complexity index is 1070. The predicted molar refractivity (Wildman–Crippen MR) is 230 cm³/mol. The maximum absolute atomic E-state index is 12.7. The molecule has 0 aromatic carbocycles. The second-order valence-electron chi connectivity index (χ2n) is 14.2. The molecule has 1 amide bonds. The largest absolute Gasteiger partial charge is 0.472 e. The predicted octanol–water partition coefficient (Wildman–Crippen LogP) is 12.1. The SMILES string of the molecule is CC/C=C\C/C=C\C/C=C\C/C=C\C/C=C\CCCC(=O)NC(COP(=O)(O)OCCN)C(O)/C=C/CCCCCCCCCCCCCCCCCC. The average molecular weight is 777 g/mol. The Hall–Kier alpha value is -2.06. The van der Waals surface area contributed by atoms with Gasteiger partial charge in [0.25, 0.3) is 0 Å². The van der Waals surface area contributed by atoms with Gasteiger partial charge in [-0.15, -0.1) is 0 Å². The van der Waals surface area contributed by atoms with Crippen LogP contribution in [0.4, 0.5) is 0 Å². The highest BCUT2D eigenvalue weighted by molar-refractivity contribution is 7.47. The van der Waals surface area contributed by atoms with Gasteiger partial charge in [0, 0.05) is 13.0 Å². The lowest BCUT2D eigenvalue weighted by Crippen LogP contribution is -2.45. The Morgan fingerprint density at radius 3 is 1.56 bits per heavy atom. The Labute approximate surface area is 331 Å². The van der Waals surface area contributed by atoms with Crippen molar-refractivity contribution in [1.82, 2.24) is 5.32 Å². The van der Waals surface area contributed by atoms with Crippen molar-refractivity contribution in [3.05, 3.63) is 72.9 Å². The van der Waals surface area contributed by atoms with Crippen LogP contribution < -0.4 is 11.1 Å². The fourth-order valence-corrected chi connectivity index (χ4v) is 6.57. The minimum Gasteiger partial charge on any atom is -0.387 e. The minimum absolute atomic E-state index is 0.0662. The van der Waals surface area contributed by atoms with E-state index in [9.17, 15) is 19.4 Å². The molecule has 0 radical (unpaired) electrons. The number of nitrogens with one attached hydrogen (secondary N) is 1. The van der Waals surface area contributed by atoms with Gasteiger partial charge >= 0.3 is 7.82 Å². The van der Waals surface area contributed by atoms with E-state index in [1.54, 1.807) is 6.08 Å². The van der Waals surface area contributed by atoms with Gasteiger partial charge in [-0.1, -0.05) is 183 Å². The van der Waals surface area contributed by atoms with Gasteiger partial charge in [0.2, 0.25) is 5.91 Å². The number of hydrogen-bond donors (Lipinski definition) is 4. The molecular weight excluding hydrogens is 695 g/mol. The lowest BCUT2D eigenvalue weighted by atomic mass is 10.0. The van der Waals surface area contributed by atoms with Gasteiger partial charge in [0.15, 0.2) is 0 Å². The molecule has 312 valence electrons. The summed E-state index contributed by atoms with van der Waals surface area (Å²) in [4.78, 5) is 22.7. The van der Waals surface area contributed by atoms with Crippen LogP contribution in [0.3, 0.4) is 0 Å². The number of rotatable bonds is 39. The summed E-state index contributed by atoms with van der Waals surface area (Å²) < 4.78 is 22.1. The molecule has 54 heavy (non-hydrogen) atoms. The van der Waals surface area contributed by atoms with Crippen LogP contribution in [0.2, 0.25) is 0 Å². The van der Waals surface area contributed by atoms with E-state index in [-0.39, 0.29) is 32.1 Å². The number of phosphoric acid groups is 1. The molecule has 0 spiro atoms. The summed E-state index contributed by atoms with van der Waals surface area (Å²) in [5.74, 6) is -0.253. The van der Waals surface area contributed by atoms with Gasteiger partial charge < -0.3 is 21.1 Å². The third-order valence-corrected chi connectivity index (χ3v) is 10.0. The first-order valence-electron chi connectivity index (χ1n) is 21.6. The van der Waals surface area contributed by atoms with E-state index in [4.69, 9.17) is 14.8 Å². The minimum atomic E-state index is -4.36. The smallest absolute Gasteiger partial charge is 0.387 e. The third kappa shape index (κ3) is 38.2. The number of aliphatic hydroxyl groups is 1. The Balaban J connectivity index is 4.34. The normalized spacial score (nSPS) is 14.8. The van der Waals surface area contributed by atoms with Gasteiger partial charge in [-0.05, 0) is 57.8 Å². The van der Waals surface area contributed by atoms with Crippen molar-refractivity contribution in [1.29, 1.82) is 0 Å². The molecule has 0 aliphatic rings. The van der Waals surface area contributed by atoms with Gasteiger partial charge in [-0.2, -0.15) is 0 Å². The Morgan fingerprint density at radius 2 is 1.07 bits per heavy atom. The van der Waals surface area contributed by atoms with Crippen LogP contribution in [0.1, 0.15) is 174 Å². The van der Waals surface area contributed by atoms with Crippen molar-refractivity contribution in [2.24, 2.45) is 5.73 Å². The van der Waals surface area contributed by atoms with Gasteiger partial charge in [-0.3, -0.25) is 13.8 Å². The second-order valence-corrected chi connectivity index (χ2v) is 15.6. The summed E-state index contributed by atoms with van der Waals surface area (Å²) in [6.45, 7) is 3.97. The number of carbonyl (C=O) groups excluding carboxylic acids is 1. The first-order chi connectivity index (χ1) is 26.4. The number of carbonyl (C=O) groups is 1. The van der Waals surface area contributed by atoms with E-state index in [1.165, 1.54) is 89.9 Å². The molecule has 3 atom stereocenters. The quantitative estimate of drug-likeness (QED) is 0.0278. The molecule has 0 heterocycles. The van der Waals surface area contributed by atoms with Crippen LogP contribution in [-0.2, 0) is 18.4 Å². The Morgan fingerprint density at radius 1 is 0.630 bits per heavy atom. The standard InChI is InChI=1S/C45H81N2O6P/c1-3-5-7-9-11-13-15-17-19-21-23-24-26-28-30-32-34-36-38-44(48)43(42-53-54(50,51)52-41-40-46)47-45(49)39-37-35-33-31-29-27-25-22-20-18-16-14-12-10-8-6-4-2/h6,8,12,14,18,20,25,27,31,33,36,38,43-44,48H,3-5,7,9-11,13,15-17,19,21-24,26,28-30,32,34-35,37,39-42,46H2,1-2H3,(H,47,49)(H,50,51)/b8-6-,14-12-,20-18-,27-25-,33-31-,38-36+. The first kappa shape index (κ1) is 51.9. The van der Waals surface area contributed by atoms with Gasteiger partial charge in [0.1, 0.15) is 0 Å². The van der Waals surface area contributed by atoms with Gasteiger partial charge in [0.05, 0.1) is 25.4 Å². The number of amides is 1. The highest BCUT2D eigenvalue weighted by Crippen LogP contribution is 2.43. The van der Waals surface area contributed by atoms with Crippen molar-refractivity contribution >= 4 is 13.7 Å². The summed E-state index contributed by atoms with van der Waals surface area (Å²) in [6, 6.07) is -0.893. The molecule has 0 aromatic rings. The number of nitrogens with two attached hydrogens (primary N) is 1. The molecule has 9 heteroatoms. The maximum atomic E-state index is 12.7. The summed E-state index contributed by atoms with van der Waals surface area (Å²) in [5.41, 5.74) is 5.37.